The highest BCUT2D eigenvalue weighted by Crippen LogP contribution is 2.25. The van der Waals surface area contributed by atoms with Gasteiger partial charge in [0.2, 0.25) is 11.8 Å². The Labute approximate surface area is 215 Å². The van der Waals surface area contributed by atoms with Gasteiger partial charge in [-0.05, 0) is 55.5 Å². The summed E-state index contributed by atoms with van der Waals surface area (Å²) >= 11 is 5.77. The van der Waals surface area contributed by atoms with Crippen molar-refractivity contribution >= 4 is 45.0 Å². The SMILES string of the molecule is CN1C(C(=O)Nc2ccc(F)c(Cl)c2)CC(C(=O)NCc2ccccc2N2CCCCC2)NS1(=O)=O. The second-order valence-electron chi connectivity index (χ2n) is 8.96. The molecular weight excluding hydrogens is 509 g/mol. The number of nitrogens with one attached hydrogen (secondary N) is 3. The van der Waals surface area contributed by atoms with Gasteiger partial charge in [-0.3, -0.25) is 9.59 Å². The van der Waals surface area contributed by atoms with E-state index in [1.165, 1.54) is 25.6 Å². The molecular formula is C24H29ClFN5O4S. The van der Waals surface area contributed by atoms with Crippen LogP contribution in [-0.2, 0) is 26.3 Å². The van der Waals surface area contributed by atoms with E-state index in [1.54, 1.807) is 0 Å². The van der Waals surface area contributed by atoms with E-state index in [0.717, 1.165) is 47.6 Å². The predicted octanol–water partition coefficient (Wildman–Crippen LogP) is 2.63. The van der Waals surface area contributed by atoms with Crippen LogP contribution in [0.25, 0.3) is 0 Å². The van der Waals surface area contributed by atoms with Gasteiger partial charge in [0, 0.05) is 38.1 Å². The summed E-state index contributed by atoms with van der Waals surface area (Å²) in [5.74, 6) is -1.82. The molecule has 0 bridgehead atoms. The third kappa shape index (κ3) is 5.97. The molecule has 9 nitrogen and oxygen atoms in total. The minimum atomic E-state index is -4.10. The van der Waals surface area contributed by atoms with Crippen molar-refractivity contribution in [2.24, 2.45) is 0 Å². The van der Waals surface area contributed by atoms with E-state index in [4.69, 9.17) is 11.6 Å². The number of anilines is 2. The molecule has 0 aromatic heterocycles. The zero-order valence-corrected chi connectivity index (χ0v) is 21.4. The first-order chi connectivity index (χ1) is 17.2. The largest absolute Gasteiger partial charge is 0.371 e. The van der Waals surface area contributed by atoms with Gasteiger partial charge >= 0.3 is 0 Å². The summed E-state index contributed by atoms with van der Waals surface area (Å²) in [4.78, 5) is 28.2. The van der Waals surface area contributed by atoms with Gasteiger partial charge in [-0.2, -0.15) is 17.4 Å². The van der Waals surface area contributed by atoms with Crippen molar-refractivity contribution in [3.05, 3.63) is 58.9 Å². The quantitative estimate of drug-likeness (QED) is 0.524. The van der Waals surface area contributed by atoms with E-state index < -0.39 is 39.9 Å². The summed E-state index contributed by atoms with van der Waals surface area (Å²) in [5.41, 5.74) is 2.20. The molecule has 2 unspecified atom stereocenters. The Bertz CT molecular complexity index is 1240. The summed E-state index contributed by atoms with van der Waals surface area (Å²) in [6.45, 7) is 2.13. The molecule has 4 rings (SSSR count). The standard InChI is InChI=1S/C24H29ClFN5O4S/c1-30-22(24(33)28-17-9-10-19(26)18(25)13-17)14-20(29-36(30,34)35)23(32)27-15-16-7-3-4-8-21(16)31-11-5-2-6-12-31/h3-4,7-10,13,20,22,29H,2,5-6,11-12,14-15H2,1H3,(H,27,32)(H,28,33). The van der Waals surface area contributed by atoms with Crippen LogP contribution in [-0.4, -0.2) is 56.8 Å². The summed E-state index contributed by atoms with van der Waals surface area (Å²) in [6.07, 6.45) is 3.35. The molecule has 36 heavy (non-hydrogen) atoms. The molecule has 2 aliphatic rings. The van der Waals surface area contributed by atoms with Crippen LogP contribution < -0.4 is 20.3 Å². The molecule has 12 heteroatoms. The van der Waals surface area contributed by atoms with E-state index >= 15 is 0 Å². The van der Waals surface area contributed by atoms with E-state index in [0.29, 0.717) is 0 Å². The van der Waals surface area contributed by atoms with Crippen molar-refractivity contribution in [3.63, 3.8) is 0 Å². The van der Waals surface area contributed by atoms with Gasteiger partial charge < -0.3 is 15.5 Å². The van der Waals surface area contributed by atoms with Crippen LogP contribution in [0, 0.1) is 5.82 Å². The summed E-state index contributed by atoms with van der Waals surface area (Å²) < 4.78 is 42.0. The molecule has 194 valence electrons. The fraction of sp³-hybridized carbons (Fsp3) is 0.417. The molecule has 2 aromatic carbocycles. The number of benzene rings is 2. The summed E-state index contributed by atoms with van der Waals surface area (Å²) in [6, 6.07) is 9.16. The number of piperidine rings is 1. The minimum absolute atomic E-state index is 0.0872. The maximum atomic E-state index is 13.4. The van der Waals surface area contributed by atoms with Crippen LogP contribution >= 0.6 is 11.6 Å². The fourth-order valence-electron chi connectivity index (χ4n) is 4.49. The second-order valence-corrected chi connectivity index (χ2v) is 11.1. The van der Waals surface area contributed by atoms with Crippen LogP contribution in [0.3, 0.4) is 0 Å². The van der Waals surface area contributed by atoms with Gasteiger partial charge in [-0.1, -0.05) is 29.8 Å². The molecule has 2 heterocycles. The lowest BCUT2D eigenvalue weighted by atomic mass is 10.0. The topological polar surface area (TPSA) is 111 Å². The van der Waals surface area contributed by atoms with Crippen LogP contribution in [0.5, 0.6) is 0 Å². The number of para-hydroxylation sites is 1. The average molecular weight is 538 g/mol. The number of amides is 2. The summed E-state index contributed by atoms with van der Waals surface area (Å²) in [7, 11) is -2.84. The van der Waals surface area contributed by atoms with E-state index in [-0.39, 0.29) is 23.7 Å². The van der Waals surface area contributed by atoms with Crippen molar-refractivity contribution in [3.8, 4) is 0 Å². The van der Waals surface area contributed by atoms with Gasteiger partial charge in [0.1, 0.15) is 17.9 Å². The Morgan fingerprint density at radius 1 is 1.11 bits per heavy atom. The number of carbonyl (C=O) groups is 2. The molecule has 2 saturated heterocycles. The van der Waals surface area contributed by atoms with Crippen LogP contribution in [0.15, 0.2) is 42.5 Å². The Kier molecular flexibility index (Phi) is 8.13. The first-order valence-corrected chi connectivity index (χ1v) is 13.6. The van der Waals surface area contributed by atoms with Crippen molar-refractivity contribution in [2.75, 3.05) is 30.4 Å². The Hall–Kier alpha value is -2.73. The maximum Gasteiger partial charge on any atom is 0.280 e. The lowest BCUT2D eigenvalue weighted by Gasteiger charge is -2.35. The number of likely N-dealkylation sites (N-methyl/N-ethyl adjacent to an activating group) is 1. The lowest BCUT2D eigenvalue weighted by molar-refractivity contribution is -0.124. The molecule has 2 fully saturated rings. The molecule has 2 aliphatic heterocycles. The van der Waals surface area contributed by atoms with Gasteiger partial charge in [-0.15, -0.1) is 0 Å². The van der Waals surface area contributed by atoms with Crippen molar-refractivity contribution < 1.29 is 22.4 Å². The van der Waals surface area contributed by atoms with Crippen LogP contribution in [0.2, 0.25) is 5.02 Å². The van der Waals surface area contributed by atoms with Crippen molar-refractivity contribution in [2.45, 2.75) is 44.3 Å². The number of halogens is 2. The lowest BCUT2D eigenvalue weighted by Crippen LogP contribution is -2.62. The smallest absolute Gasteiger partial charge is 0.280 e. The number of rotatable bonds is 6. The first-order valence-electron chi connectivity index (χ1n) is 11.8. The van der Waals surface area contributed by atoms with Crippen LogP contribution in [0.4, 0.5) is 15.8 Å². The normalized spacial score (nSPS) is 22.1. The molecule has 0 saturated carbocycles. The van der Waals surface area contributed by atoms with Gasteiger partial charge in [0.25, 0.3) is 10.2 Å². The zero-order chi connectivity index (χ0) is 25.9. The monoisotopic (exact) mass is 537 g/mol. The minimum Gasteiger partial charge on any atom is -0.371 e. The Balaban J connectivity index is 1.44. The number of carbonyl (C=O) groups excluding carboxylic acids is 2. The second kappa shape index (κ2) is 11.1. The molecule has 0 spiro atoms. The molecule has 3 N–H and O–H groups in total. The molecule has 2 amide bonds. The molecule has 2 atom stereocenters. The maximum absolute atomic E-state index is 13.4. The van der Waals surface area contributed by atoms with Crippen LogP contribution in [0.1, 0.15) is 31.2 Å². The predicted molar refractivity (Wildman–Crippen MR) is 136 cm³/mol. The zero-order valence-electron chi connectivity index (χ0n) is 19.8. The van der Waals surface area contributed by atoms with Gasteiger partial charge in [0.15, 0.2) is 0 Å². The average Bonchev–Trinajstić information content (AvgIpc) is 2.87. The molecule has 2 aromatic rings. The third-order valence-electron chi connectivity index (χ3n) is 6.52. The van der Waals surface area contributed by atoms with E-state index in [9.17, 15) is 22.4 Å². The first kappa shape index (κ1) is 26.3. The number of hydrogen-bond acceptors (Lipinski definition) is 5. The summed E-state index contributed by atoms with van der Waals surface area (Å²) in [5, 5.41) is 5.19. The van der Waals surface area contributed by atoms with Crippen molar-refractivity contribution in [1.29, 1.82) is 0 Å². The van der Waals surface area contributed by atoms with E-state index in [2.05, 4.69) is 20.3 Å². The highest BCUT2D eigenvalue weighted by atomic mass is 35.5. The fourth-order valence-corrected chi connectivity index (χ4v) is 5.92. The van der Waals surface area contributed by atoms with Crippen molar-refractivity contribution in [1.82, 2.24) is 14.3 Å². The highest BCUT2D eigenvalue weighted by Gasteiger charge is 2.42. The number of nitrogens with zero attached hydrogens (tertiary/aromatic N) is 2. The third-order valence-corrected chi connectivity index (χ3v) is 8.40. The number of hydrogen-bond donors (Lipinski definition) is 3. The molecule has 0 radical (unpaired) electrons. The van der Waals surface area contributed by atoms with Gasteiger partial charge in [-0.25, -0.2) is 4.39 Å². The highest BCUT2D eigenvalue weighted by molar-refractivity contribution is 7.87. The van der Waals surface area contributed by atoms with E-state index in [1.807, 2.05) is 24.3 Å². The van der Waals surface area contributed by atoms with Gasteiger partial charge in [0.05, 0.1) is 5.02 Å². The Morgan fingerprint density at radius 3 is 2.56 bits per heavy atom. The Morgan fingerprint density at radius 2 is 1.83 bits per heavy atom. The molecule has 0 aliphatic carbocycles.